The molecule has 2 aliphatic rings. The van der Waals surface area contributed by atoms with Crippen LogP contribution in [0.4, 0.5) is 0 Å². The van der Waals surface area contributed by atoms with Gasteiger partial charge < -0.3 is 0 Å². The van der Waals surface area contributed by atoms with Gasteiger partial charge in [0.15, 0.2) is 0 Å². The fourth-order valence-electron chi connectivity index (χ4n) is 4.37. The highest BCUT2D eigenvalue weighted by Gasteiger charge is 2.38. The summed E-state index contributed by atoms with van der Waals surface area (Å²) in [5.41, 5.74) is 0.711. The number of thioether (sulfide) groups is 2. The number of hydrogen-bond acceptors (Lipinski definition) is 8. The molecule has 8 nitrogen and oxygen atoms in total. The van der Waals surface area contributed by atoms with Crippen molar-refractivity contribution in [2.75, 3.05) is 0 Å². The number of benzene rings is 4. The van der Waals surface area contributed by atoms with Crippen LogP contribution in [0, 0.1) is 0 Å². The molecule has 0 amide bonds. The molecule has 0 unspecified atom stereocenters. The first kappa shape index (κ1) is 23.4. The smallest absolute Gasteiger partial charge is 0.288 e. The zero-order valence-electron chi connectivity index (χ0n) is 17.8. The van der Waals surface area contributed by atoms with Gasteiger partial charge in [-0.2, -0.15) is 16.8 Å². The minimum atomic E-state index is -4.41. The molecule has 0 radical (unpaired) electrons. The van der Waals surface area contributed by atoms with E-state index in [2.05, 4.69) is 0 Å². The average Bonchev–Trinajstić information content (AvgIpc) is 3.34. The van der Waals surface area contributed by atoms with E-state index in [1.54, 1.807) is 24.3 Å². The summed E-state index contributed by atoms with van der Waals surface area (Å²) in [6.45, 7) is 0. The van der Waals surface area contributed by atoms with Gasteiger partial charge in [0.25, 0.3) is 20.2 Å². The van der Waals surface area contributed by atoms with Gasteiger partial charge in [-0.25, -0.2) is 0 Å². The van der Waals surface area contributed by atoms with Gasteiger partial charge in [-0.3, -0.25) is 18.7 Å². The zero-order valence-corrected chi connectivity index (χ0v) is 21.0. The molecule has 0 saturated carbocycles. The van der Waals surface area contributed by atoms with Crippen LogP contribution in [0.2, 0.25) is 0 Å². The van der Waals surface area contributed by atoms with Crippen molar-refractivity contribution in [3.8, 4) is 0 Å². The van der Waals surface area contributed by atoms with Crippen molar-refractivity contribution in [3.63, 3.8) is 0 Å². The maximum absolute atomic E-state index is 13.5. The minimum absolute atomic E-state index is 0.255. The molecule has 12 heteroatoms. The molecule has 4 aromatic rings. The van der Waals surface area contributed by atoms with Crippen LogP contribution >= 0.6 is 23.5 Å². The second-order valence-corrected chi connectivity index (χ2v) is 13.1. The van der Waals surface area contributed by atoms with Gasteiger partial charge in [-0.05, 0) is 57.9 Å². The van der Waals surface area contributed by atoms with Crippen molar-refractivity contribution in [3.05, 3.63) is 81.6 Å². The predicted octanol–water partition coefficient (Wildman–Crippen LogP) is 4.98. The second kappa shape index (κ2) is 7.75. The first-order chi connectivity index (χ1) is 16.9. The normalized spacial score (nSPS) is 17.7. The molecule has 0 bridgehead atoms. The van der Waals surface area contributed by atoms with Crippen LogP contribution in [0.3, 0.4) is 0 Å². The maximum Gasteiger partial charge on any atom is 0.294 e. The standard InChI is InChI=1S/C24H12O8S4/c25-21-19-15-5-3-13(35(27,28)29)9-11(15)1-7-17(19)33-23(21)24-22(26)20-16-6-4-14(36(30,31)32)10-12(16)2-8-18(20)34-24/h1-10H,(H,27,28,29)(H,30,31,32)/b24-23-. The van der Waals surface area contributed by atoms with Crippen molar-refractivity contribution < 1.29 is 35.5 Å². The van der Waals surface area contributed by atoms with E-state index >= 15 is 0 Å². The molecule has 2 heterocycles. The first-order valence-corrected chi connectivity index (χ1v) is 14.7. The molecule has 0 saturated heterocycles. The largest absolute Gasteiger partial charge is 0.294 e. The van der Waals surface area contributed by atoms with Crippen molar-refractivity contribution in [1.82, 2.24) is 0 Å². The molecule has 6 rings (SSSR count). The van der Waals surface area contributed by atoms with Gasteiger partial charge in [0.2, 0.25) is 11.6 Å². The lowest BCUT2D eigenvalue weighted by atomic mass is 9.99. The second-order valence-electron chi connectivity index (χ2n) is 8.11. The summed E-state index contributed by atoms with van der Waals surface area (Å²) in [4.78, 5) is 28.2. The SMILES string of the molecule is O=C1/C(=C2/Sc3ccc4cc(S(=O)(=O)O)ccc4c3C2=O)Sc2ccc3cc(S(=O)(=O)O)ccc3c21. The molecular weight excluding hydrogens is 545 g/mol. The number of allylic oxidation sites excluding steroid dienone is 2. The zero-order chi connectivity index (χ0) is 25.6. The predicted molar refractivity (Wildman–Crippen MR) is 135 cm³/mol. The van der Waals surface area contributed by atoms with Crippen LogP contribution in [0.15, 0.2) is 90.1 Å². The van der Waals surface area contributed by atoms with E-state index in [0.717, 1.165) is 23.5 Å². The van der Waals surface area contributed by atoms with E-state index in [4.69, 9.17) is 0 Å². The third kappa shape index (κ3) is 3.52. The number of rotatable bonds is 2. The summed E-state index contributed by atoms with van der Waals surface area (Å²) in [5, 5.41) is 1.92. The number of carbonyl (C=O) groups excluding carboxylic acids is 2. The summed E-state index contributed by atoms with van der Waals surface area (Å²) in [7, 11) is -8.81. The van der Waals surface area contributed by atoms with Crippen molar-refractivity contribution in [2.45, 2.75) is 19.6 Å². The number of Topliss-reactive ketones (excluding diaryl/α,β-unsaturated/α-hetero) is 2. The third-order valence-electron chi connectivity index (χ3n) is 6.00. The van der Waals surface area contributed by atoms with Crippen molar-refractivity contribution in [1.29, 1.82) is 0 Å². The summed E-state index contributed by atoms with van der Waals surface area (Å²) in [5.74, 6) is -0.719. The highest BCUT2D eigenvalue weighted by atomic mass is 32.2. The Bertz CT molecular complexity index is 1830. The van der Waals surface area contributed by atoms with Gasteiger partial charge in [0.1, 0.15) is 0 Å². The van der Waals surface area contributed by atoms with E-state index in [0.29, 0.717) is 42.5 Å². The Labute approximate surface area is 212 Å². The number of fused-ring (bicyclic) bond motifs is 6. The summed E-state index contributed by atoms with van der Waals surface area (Å²) < 4.78 is 64.7. The van der Waals surface area contributed by atoms with Crippen molar-refractivity contribution >= 4 is 76.9 Å². The van der Waals surface area contributed by atoms with Crippen LogP contribution in [0.25, 0.3) is 21.5 Å². The van der Waals surface area contributed by atoms with Crippen LogP contribution in [-0.2, 0) is 20.2 Å². The Kier molecular flexibility index (Phi) is 5.04. The molecule has 0 spiro atoms. The van der Waals surface area contributed by atoms with E-state index in [1.807, 2.05) is 0 Å². The Hall–Kier alpha value is -3.00. The third-order valence-corrected chi connectivity index (χ3v) is 10.1. The van der Waals surface area contributed by atoms with Crippen molar-refractivity contribution in [2.24, 2.45) is 0 Å². The van der Waals surface area contributed by atoms with Gasteiger partial charge in [-0.15, -0.1) is 0 Å². The van der Waals surface area contributed by atoms with Gasteiger partial charge in [0, 0.05) is 20.9 Å². The van der Waals surface area contributed by atoms with E-state index in [9.17, 15) is 35.5 Å². The number of hydrogen-bond donors (Lipinski definition) is 2. The Morgan fingerprint density at radius 2 is 0.944 bits per heavy atom. The number of ketones is 2. The van der Waals surface area contributed by atoms with Crippen LogP contribution < -0.4 is 0 Å². The monoisotopic (exact) mass is 556 g/mol. The maximum atomic E-state index is 13.5. The summed E-state index contributed by atoms with van der Waals surface area (Å²) in [6.07, 6.45) is 0. The molecular formula is C24H12O8S4. The lowest BCUT2D eigenvalue weighted by Gasteiger charge is -2.05. The Morgan fingerprint density at radius 1 is 0.556 bits per heavy atom. The molecule has 36 heavy (non-hydrogen) atoms. The average molecular weight is 557 g/mol. The van der Waals surface area contributed by atoms with Gasteiger partial charge in [0.05, 0.1) is 19.6 Å². The fraction of sp³-hybridized carbons (Fsp3) is 0. The molecule has 2 N–H and O–H groups in total. The van der Waals surface area contributed by atoms with Gasteiger partial charge in [-0.1, -0.05) is 47.8 Å². The quantitative estimate of drug-likeness (QED) is 0.256. The highest BCUT2D eigenvalue weighted by molar-refractivity contribution is 8.08. The molecule has 0 fully saturated rings. The topological polar surface area (TPSA) is 143 Å². The fourth-order valence-corrected chi connectivity index (χ4v) is 7.74. The Balaban J connectivity index is 1.46. The molecule has 0 aliphatic carbocycles. The Morgan fingerprint density at radius 3 is 1.31 bits per heavy atom. The first-order valence-electron chi connectivity index (χ1n) is 10.2. The molecule has 2 aliphatic heterocycles. The molecule has 4 aromatic carbocycles. The van der Waals surface area contributed by atoms with Gasteiger partial charge >= 0.3 is 0 Å². The van der Waals surface area contributed by atoms with Crippen LogP contribution in [0.5, 0.6) is 0 Å². The highest BCUT2D eigenvalue weighted by Crippen LogP contribution is 2.52. The van der Waals surface area contributed by atoms with E-state index in [-0.39, 0.29) is 31.2 Å². The molecule has 0 atom stereocenters. The summed E-state index contributed by atoms with van der Waals surface area (Å²) in [6, 6.07) is 14.6. The van der Waals surface area contributed by atoms with E-state index < -0.39 is 20.2 Å². The molecule has 180 valence electrons. The summed E-state index contributed by atoms with van der Waals surface area (Å²) >= 11 is 2.32. The number of carbonyl (C=O) groups is 2. The lowest BCUT2D eigenvalue weighted by Crippen LogP contribution is -2.04. The lowest BCUT2D eigenvalue weighted by molar-refractivity contribution is 0.101. The molecule has 0 aromatic heterocycles. The minimum Gasteiger partial charge on any atom is -0.288 e. The van der Waals surface area contributed by atoms with E-state index in [1.165, 1.54) is 36.4 Å². The van der Waals surface area contributed by atoms with Crippen LogP contribution in [-0.4, -0.2) is 37.5 Å². The van der Waals surface area contributed by atoms with Crippen LogP contribution in [0.1, 0.15) is 20.7 Å².